The van der Waals surface area contributed by atoms with Crippen LogP contribution in [0.5, 0.6) is 0 Å². The highest BCUT2D eigenvalue weighted by Crippen LogP contribution is 2.23. The van der Waals surface area contributed by atoms with E-state index in [1.165, 1.54) is 0 Å². The second kappa shape index (κ2) is 5.35. The first-order chi connectivity index (χ1) is 10.1. The van der Waals surface area contributed by atoms with Crippen LogP contribution in [0.2, 0.25) is 0 Å². The van der Waals surface area contributed by atoms with Gasteiger partial charge in [0.2, 0.25) is 11.7 Å². The third-order valence-electron chi connectivity index (χ3n) is 3.31. The number of aromatic nitrogens is 3. The van der Waals surface area contributed by atoms with E-state index in [9.17, 15) is 9.59 Å². The zero-order chi connectivity index (χ0) is 14.8. The lowest BCUT2D eigenvalue weighted by atomic mass is 10.2. The summed E-state index contributed by atoms with van der Waals surface area (Å²) in [6.07, 6.45) is 1.49. The Kier molecular flexibility index (Phi) is 3.39. The molecule has 0 atom stereocenters. The molecule has 21 heavy (non-hydrogen) atoms. The number of carbonyl (C=O) groups is 2. The Hall–Kier alpha value is -2.70. The fourth-order valence-corrected chi connectivity index (χ4v) is 2.28. The molecule has 2 heterocycles. The number of nitrogens with zero attached hydrogens (tertiary/aromatic N) is 3. The van der Waals surface area contributed by atoms with E-state index < -0.39 is 0 Å². The molecule has 0 aliphatic carbocycles. The lowest BCUT2D eigenvalue weighted by Crippen LogP contribution is -2.23. The first-order valence-electron chi connectivity index (χ1n) is 6.74. The summed E-state index contributed by atoms with van der Waals surface area (Å²) in [5.41, 5.74) is 1.49. The van der Waals surface area contributed by atoms with Gasteiger partial charge < -0.3 is 10.2 Å². The summed E-state index contributed by atoms with van der Waals surface area (Å²) in [6, 6.07) is 7.17. The summed E-state index contributed by atoms with van der Waals surface area (Å²) in [5, 5.41) is 9.13. The first-order valence-corrected chi connectivity index (χ1v) is 6.74. The van der Waals surface area contributed by atoms with Gasteiger partial charge in [-0.2, -0.15) is 0 Å². The second-order valence-corrected chi connectivity index (χ2v) is 4.89. The molecule has 1 aliphatic rings. The molecule has 0 radical (unpaired) electrons. The van der Waals surface area contributed by atoms with Crippen LogP contribution in [0.4, 0.5) is 11.4 Å². The molecular weight excluding hydrogens is 270 g/mol. The van der Waals surface area contributed by atoms with Crippen LogP contribution in [0.15, 0.2) is 24.3 Å². The Morgan fingerprint density at radius 1 is 1.33 bits per heavy atom. The molecule has 1 fully saturated rings. The number of hydrogen-bond donors (Lipinski definition) is 2. The highest BCUT2D eigenvalue weighted by atomic mass is 16.2. The zero-order valence-electron chi connectivity index (χ0n) is 11.6. The monoisotopic (exact) mass is 285 g/mol. The lowest BCUT2D eigenvalue weighted by molar-refractivity contribution is -0.117. The Balaban J connectivity index is 1.69. The van der Waals surface area contributed by atoms with Gasteiger partial charge in [-0.25, -0.2) is 4.98 Å². The third-order valence-corrected chi connectivity index (χ3v) is 3.31. The third kappa shape index (κ3) is 2.76. The molecule has 1 aliphatic heterocycles. The van der Waals surface area contributed by atoms with Crippen molar-refractivity contribution < 1.29 is 9.59 Å². The normalized spacial score (nSPS) is 14.5. The highest BCUT2D eigenvalue weighted by Gasteiger charge is 2.21. The van der Waals surface area contributed by atoms with Crippen LogP contribution in [0.25, 0.3) is 0 Å². The van der Waals surface area contributed by atoms with Crippen molar-refractivity contribution in [2.24, 2.45) is 0 Å². The van der Waals surface area contributed by atoms with Crippen molar-refractivity contribution in [3.05, 3.63) is 35.9 Å². The summed E-state index contributed by atoms with van der Waals surface area (Å²) in [6.45, 7) is 2.48. The minimum absolute atomic E-state index is 0.103. The quantitative estimate of drug-likeness (QED) is 0.894. The number of rotatable bonds is 3. The number of hydrogen-bond acceptors (Lipinski definition) is 4. The fraction of sp³-hybridized carbons (Fsp3) is 0.286. The van der Waals surface area contributed by atoms with E-state index in [1.807, 2.05) is 12.1 Å². The van der Waals surface area contributed by atoms with E-state index in [-0.39, 0.29) is 17.6 Å². The average Bonchev–Trinajstić information content (AvgIpc) is 3.08. The molecular formula is C14H15N5O2. The molecule has 2 N–H and O–H groups in total. The van der Waals surface area contributed by atoms with E-state index in [0.717, 1.165) is 18.7 Å². The maximum Gasteiger partial charge on any atom is 0.295 e. The van der Waals surface area contributed by atoms with E-state index >= 15 is 0 Å². The van der Waals surface area contributed by atoms with Crippen molar-refractivity contribution in [2.75, 3.05) is 16.8 Å². The van der Waals surface area contributed by atoms with Gasteiger partial charge >= 0.3 is 0 Å². The number of aryl methyl sites for hydroxylation is 1. The van der Waals surface area contributed by atoms with Crippen LogP contribution in [0, 0.1) is 6.92 Å². The van der Waals surface area contributed by atoms with Crippen molar-refractivity contribution in [3.8, 4) is 0 Å². The van der Waals surface area contributed by atoms with Gasteiger partial charge in [0, 0.05) is 24.3 Å². The number of amides is 2. The van der Waals surface area contributed by atoms with E-state index in [4.69, 9.17) is 0 Å². The molecule has 0 spiro atoms. The van der Waals surface area contributed by atoms with Gasteiger partial charge in [-0.3, -0.25) is 14.7 Å². The summed E-state index contributed by atoms with van der Waals surface area (Å²) < 4.78 is 0. The number of carbonyl (C=O) groups excluding carboxylic acids is 2. The summed E-state index contributed by atoms with van der Waals surface area (Å²) in [4.78, 5) is 29.3. The van der Waals surface area contributed by atoms with Gasteiger partial charge in [0.15, 0.2) is 0 Å². The smallest absolute Gasteiger partial charge is 0.295 e. The predicted octanol–water partition coefficient (Wildman–Crippen LogP) is 1.49. The number of aromatic amines is 1. The zero-order valence-corrected chi connectivity index (χ0v) is 11.6. The number of H-pyrrole nitrogens is 1. The van der Waals surface area contributed by atoms with Gasteiger partial charge in [-0.1, -0.05) is 0 Å². The number of anilines is 2. The highest BCUT2D eigenvalue weighted by molar-refractivity contribution is 6.01. The molecule has 3 rings (SSSR count). The van der Waals surface area contributed by atoms with Gasteiger partial charge in [-0.15, -0.1) is 5.10 Å². The summed E-state index contributed by atoms with van der Waals surface area (Å²) >= 11 is 0. The fourth-order valence-electron chi connectivity index (χ4n) is 2.28. The molecule has 2 amide bonds. The van der Waals surface area contributed by atoms with E-state index in [0.29, 0.717) is 17.9 Å². The SMILES string of the molecule is Cc1nc(C(=O)Nc2ccc(N3CCCC3=O)cc2)n[nH]1. The second-order valence-electron chi connectivity index (χ2n) is 4.89. The van der Waals surface area contributed by atoms with Crippen LogP contribution < -0.4 is 10.2 Å². The topological polar surface area (TPSA) is 91.0 Å². The predicted molar refractivity (Wildman–Crippen MR) is 77.1 cm³/mol. The molecule has 1 saturated heterocycles. The number of nitrogens with one attached hydrogen (secondary N) is 2. The van der Waals surface area contributed by atoms with Crippen molar-refractivity contribution >= 4 is 23.2 Å². The minimum Gasteiger partial charge on any atom is -0.319 e. The Labute approximate surface area is 121 Å². The first kappa shape index (κ1) is 13.3. The maximum atomic E-state index is 11.9. The van der Waals surface area contributed by atoms with Gasteiger partial charge in [0.1, 0.15) is 5.82 Å². The molecule has 1 aromatic carbocycles. The molecule has 0 bridgehead atoms. The molecule has 2 aromatic rings. The molecule has 7 heteroatoms. The van der Waals surface area contributed by atoms with E-state index in [2.05, 4.69) is 20.5 Å². The van der Waals surface area contributed by atoms with Crippen LogP contribution >= 0.6 is 0 Å². The van der Waals surface area contributed by atoms with Gasteiger partial charge in [-0.05, 0) is 37.6 Å². The Bertz CT molecular complexity index is 677. The standard InChI is InChI=1S/C14H15N5O2/c1-9-15-13(18-17-9)14(21)16-10-4-6-11(7-5-10)19-8-2-3-12(19)20/h4-7H,2-3,8H2,1H3,(H,16,21)(H,15,17,18). The Morgan fingerprint density at radius 3 is 2.67 bits per heavy atom. The van der Waals surface area contributed by atoms with Crippen molar-refractivity contribution in [2.45, 2.75) is 19.8 Å². The van der Waals surface area contributed by atoms with Crippen molar-refractivity contribution in [1.29, 1.82) is 0 Å². The molecule has 108 valence electrons. The van der Waals surface area contributed by atoms with Crippen molar-refractivity contribution in [1.82, 2.24) is 15.2 Å². The largest absolute Gasteiger partial charge is 0.319 e. The molecule has 0 unspecified atom stereocenters. The molecule has 7 nitrogen and oxygen atoms in total. The number of benzene rings is 1. The van der Waals surface area contributed by atoms with Gasteiger partial charge in [0.05, 0.1) is 0 Å². The van der Waals surface area contributed by atoms with Crippen molar-refractivity contribution in [3.63, 3.8) is 0 Å². The Morgan fingerprint density at radius 2 is 2.10 bits per heavy atom. The van der Waals surface area contributed by atoms with Crippen LogP contribution in [-0.4, -0.2) is 33.5 Å². The molecule has 1 aromatic heterocycles. The summed E-state index contributed by atoms with van der Waals surface area (Å²) in [7, 11) is 0. The van der Waals surface area contributed by atoms with Crippen LogP contribution in [0.3, 0.4) is 0 Å². The summed E-state index contributed by atoms with van der Waals surface area (Å²) in [5.74, 6) is 0.460. The molecule has 0 saturated carbocycles. The van der Waals surface area contributed by atoms with Crippen LogP contribution in [0.1, 0.15) is 29.3 Å². The lowest BCUT2D eigenvalue weighted by Gasteiger charge is -2.15. The van der Waals surface area contributed by atoms with E-state index in [1.54, 1.807) is 24.0 Å². The van der Waals surface area contributed by atoms with Gasteiger partial charge in [0.25, 0.3) is 5.91 Å². The average molecular weight is 285 g/mol. The minimum atomic E-state index is -0.371. The maximum absolute atomic E-state index is 11.9. The van der Waals surface area contributed by atoms with Crippen LogP contribution in [-0.2, 0) is 4.79 Å².